The van der Waals surface area contributed by atoms with E-state index in [1.165, 1.54) is 0 Å². The molecule has 0 aromatic carbocycles. The van der Waals surface area contributed by atoms with Crippen LogP contribution in [0, 0.1) is 5.92 Å². The first-order valence-corrected chi connectivity index (χ1v) is 6.19. The van der Waals surface area contributed by atoms with Gasteiger partial charge in [0.1, 0.15) is 0 Å². The average molecular weight is 255 g/mol. The van der Waals surface area contributed by atoms with Crippen LogP contribution in [0.5, 0.6) is 0 Å². The van der Waals surface area contributed by atoms with Crippen molar-refractivity contribution in [2.24, 2.45) is 5.92 Å². The Bertz CT molecular complexity index is 376. The number of rotatable bonds is 8. The van der Waals surface area contributed by atoms with Gasteiger partial charge >= 0.3 is 5.97 Å². The summed E-state index contributed by atoms with van der Waals surface area (Å²) in [7, 11) is 1.83. The van der Waals surface area contributed by atoms with E-state index in [0.29, 0.717) is 24.9 Å². The Labute approximate surface area is 107 Å². The summed E-state index contributed by atoms with van der Waals surface area (Å²) in [6, 6.07) is 0. The highest BCUT2D eigenvalue weighted by Gasteiger charge is 2.10. The molecule has 0 fully saturated rings. The molecule has 0 aliphatic heterocycles. The van der Waals surface area contributed by atoms with Crippen LogP contribution in [0.15, 0.2) is 4.52 Å². The van der Waals surface area contributed by atoms with Crippen molar-refractivity contribution in [2.75, 3.05) is 13.6 Å². The second-order valence-corrected chi connectivity index (χ2v) is 4.92. The monoisotopic (exact) mass is 255 g/mol. The van der Waals surface area contributed by atoms with E-state index in [4.69, 9.17) is 9.63 Å². The van der Waals surface area contributed by atoms with Crippen molar-refractivity contribution in [3.63, 3.8) is 0 Å². The molecular weight excluding hydrogens is 234 g/mol. The molecule has 1 aromatic heterocycles. The molecule has 0 unspecified atom stereocenters. The Morgan fingerprint density at radius 1 is 1.50 bits per heavy atom. The van der Waals surface area contributed by atoms with Crippen molar-refractivity contribution < 1.29 is 14.4 Å². The molecule has 102 valence electrons. The first kappa shape index (κ1) is 14.6. The van der Waals surface area contributed by atoms with Gasteiger partial charge in [-0.05, 0) is 19.4 Å². The van der Waals surface area contributed by atoms with E-state index in [1.807, 2.05) is 11.9 Å². The molecule has 0 aliphatic rings. The lowest BCUT2D eigenvalue weighted by molar-refractivity contribution is -0.137. The van der Waals surface area contributed by atoms with E-state index < -0.39 is 5.97 Å². The molecule has 0 saturated carbocycles. The average Bonchev–Trinajstić information content (AvgIpc) is 2.71. The molecule has 1 heterocycles. The second kappa shape index (κ2) is 7.10. The van der Waals surface area contributed by atoms with Crippen molar-refractivity contribution >= 4 is 5.97 Å². The number of nitrogens with zero attached hydrogens (tertiary/aromatic N) is 3. The summed E-state index contributed by atoms with van der Waals surface area (Å²) in [5.41, 5.74) is 0. The van der Waals surface area contributed by atoms with Crippen LogP contribution in [0.2, 0.25) is 0 Å². The molecule has 0 bridgehead atoms. The van der Waals surface area contributed by atoms with Crippen LogP contribution in [-0.4, -0.2) is 39.7 Å². The molecule has 0 aliphatic carbocycles. The third kappa shape index (κ3) is 5.77. The van der Waals surface area contributed by atoms with Gasteiger partial charge in [-0.25, -0.2) is 0 Å². The van der Waals surface area contributed by atoms with Crippen molar-refractivity contribution in [3.8, 4) is 0 Å². The SMILES string of the molecule is CC(C)CCc1noc(CN(C)CCC(=O)O)n1. The van der Waals surface area contributed by atoms with Gasteiger partial charge in [0.15, 0.2) is 5.82 Å². The molecule has 6 heteroatoms. The van der Waals surface area contributed by atoms with Crippen molar-refractivity contribution in [2.45, 2.75) is 39.7 Å². The summed E-state index contributed by atoms with van der Waals surface area (Å²) in [6.07, 6.45) is 1.97. The molecule has 6 nitrogen and oxygen atoms in total. The highest BCUT2D eigenvalue weighted by atomic mass is 16.5. The van der Waals surface area contributed by atoms with Crippen molar-refractivity contribution in [3.05, 3.63) is 11.7 Å². The van der Waals surface area contributed by atoms with Gasteiger partial charge in [-0.2, -0.15) is 4.98 Å². The first-order valence-electron chi connectivity index (χ1n) is 6.19. The molecule has 18 heavy (non-hydrogen) atoms. The number of hydrogen-bond acceptors (Lipinski definition) is 5. The summed E-state index contributed by atoms with van der Waals surface area (Å²) in [5, 5.41) is 12.5. The van der Waals surface area contributed by atoms with Crippen LogP contribution < -0.4 is 0 Å². The van der Waals surface area contributed by atoms with Crippen molar-refractivity contribution in [1.29, 1.82) is 0 Å². The largest absolute Gasteiger partial charge is 0.481 e. The van der Waals surface area contributed by atoms with Gasteiger partial charge in [0.2, 0.25) is 5.89 Å². The summed E-state index contributed by atoms with van der Waals surface area (Å²) in [4.78, 5) is 16.6. The maximum Gasteiger partial charge on any atom is 0.304 e. The molecule has 1 aromatic rings. The Balaban J connectivity index is 2.36. The van der Waals surface area contributed by atoms with E-state index in [0.717, 1.165) is 18.7 Å². The minimum Gasteiger partial charge on any atom is -0.481 e. The van der Waals surface area contributed by atoms with Gasteiger partial charge in [-0.15, -0.1) is 0 Å². The maximum atomic E-state index is 10.4. The quantitative estimate of drug-likeness (QED) is 0.759. The second-order valence-electron chi connectivity index (χ2n) is 4.92. The Morgan fingerprint density at radius 3 is 2.83 bits per heavy atom. The number of aliphatic carboxylic acids is 1. The van der Waals surface area contributed by atoms with Gasteiger partial charge in [-0.1, -0.05) is 19.0 Å². The highest BCUT2D eigenvalue weighted by molar-refractivity contribution is 5.66. The third-order valence-electron chi connectivity index (χ3n) is 2.57. The minimum absolute atomic E-state index is 0.116. The maximum absolute atomic E-state index is 10.4. The van der Waals surface area contributed by atoms with Gasteiger partial charge in [-0.3, -0.25) is 9.69 Å². The first-order chi connectivity index (χ1) is 8.47. The summed E-state index contributed by atoms with van der Waals surface area (Å²) >= 11 is 0. The molecule has 0 saturated heterocycles. The lowest BCUT2D eigenvalue weighted by Gasteiger charge is -2.11. The predicted molar refractivity (Wildman–Crippen MR) is 66.0 cm³/mol. The standard InChI is InChI=1S/C12H21N3O3/c1-9(2)4-5-10-13-11(18-14-10)8-15(3)7-6-12(16)17/h9H,4-8H2,1-3H3,(H,16,17). The normalized spacial score (nSPS) is 11.4. The van der Waals surface area contributed by atoms with Gasteiger partial charge in [0.25, 0.3) is 0 Å². The Kier molecular flexibility index (Phi) is 5.77. The van der Waals surface area contributed by atoms with Gasteiger partial charge in [0, 0.05) is 13.0 Å². The number of carboxylic acid groups (broad SMARTS) is 1. The van der Waals surface area contributed by atoms with E-state index in [9.17, 15) is 4.79 Å². The zero-order valence-electron chi connectivity index (χ0n) is 11.2. The fourth-order valence-corrected chi connectivity index (χ4v) is 1.47. The number of hydrogen-bond donors (Lipinski definition) is 1. The lowest BCUT2D eigenvalue weighted by atomic mass is 10.1. The number of aryl methyl sites for hydroxylation is 1. The molecule has 0 amide bonds. The van der Waals surface area contributed by atoms with E-state index in [2.05, 4.69) is 24.0 Å². The van der Waals surface area contributed by atoms with Crippen LogP contribution in [-0.2, 0) is 17.8 Å². The Hall–Kier alpha value is -1.43. The highest BCUT2D eigenvalue weighted by Crippen LogP contribution is 2.07. The number of carboxylic acids is 1. The lowest BCUT2D eigenvalue weighted by Crippen LogP contribution is -2.21. The van der Waals surface area contributed by atoms with Crippen LogP contribution in [0.3, 0.4) is 0 Å². The van der Waals surface area contributed by atoms with Crippen LogP contribution in [0.25, 0.3) is 0 Å². The topological polar surface area (TPSA) is 79.5 Å². The molecule has 0 atom stereocenters. The zero-order chi connectivity index (χ0) is 13.5. The molecule has 1 N–H and O–H groups in total. The van der Waals surface area contributed by atoms with Gasteiger partial charge in [0.05, 0.1) is 13.0 Å². The van der Waals surface area contributed by atoms with E-state index >= 15 is 0 Å². The number of carbonyl (C=O) groups is 1. The van der Waals surface area contributed by atoms with Crippen LogP contribution >= 0.6 is 0 Å². The van der Waals surface area contributed by atoms with Crippen LogP contribution in [0.1, 0.15) is 38.4 Å². The Morgan fingerprint density at radius 2 is 2.22 bits per heavy atom. The molecule has 0 radical (unpaired) electrons. The molecule has 0 spiro atoms. The molecular formula is C12H21N3O3. The third-order valence-corrected chi connectivity index (χ3v) is 2.57. The van der Waals surface area contributed by atoms with Gasteiger partial charge < -0.3 is 9.63 Å². The smallest absolute Gasteiger partial charge is 0.304 e. The zero-order valence-corrected chi connectivity index (χ0v) is 11.2. The summed E-state index contributed by atoms with van der Waals surface area (Å²) in [6.45, 7) is 5.27. The number of aromatic nitrogens is 2. The summed E-state index contributed by atoms with van der Waals surface area (Å²) < 4.78 is 5.12. The fraction of sp³-hybridized carbons (Fsp3) is 0.750. The van der Waals surface area contributed by atoms with Crippen molar-refractivity contribution in [1.82, 2.24) is 15.0 Å². The van der Waals surface area contributed by atoms with E-state index in [1.54, 1.807) is 0 Å². The minimum atomic E-state index is -0.801. The predicted octanol–water partition coefficient (Wildman–Crippen LogP) is 1.56. The van der Waals surface area contributed by atoms with E-state index in [-0.39, 0.29) is 6.42 Å². The van der Waals surface area contributed by atoms with Crippen LogP contribution in [0.4, 0.5) is 0 Å². The fourth-order valence-electron chi connectivity index (χ4n) is 1.47. The molecule has 1 rings (SSSR count). The summed E-state index contributed by atoms with van der Waals surface area (Å²) in [5.74, 6) is 1.09.